The maximum absolute atomic E-state index is 12.2. The van der Waals surface area contributed by atoms with Gasteiger partial charge in [-0.2, -0.15) is 0 Å². The van der Waals surface area contributed by atoms with Crippen LogP contribution in [0.25, 0.3) is 0 Å². The van der Waals surface area contributed by atoms with Gasteiger partial charge < -0.3 is 15.3 Å². The number of carbonyl (C=O) groups excluding carboxylic acids is 1. The largest absolute Gasteiger partial charge is 0.481 e. The summed E-state index contributed by atoms with van der Waals surface area (Å²) in [6.45, 7) is 5.57. The van der Waals surface area contributed by atoms with Crippen LogP contribution in [0.1, 0.15) is 27.2 Å². The Balaban J connectivity index is 2.02. The maximum Gasteiger partial charge on any atom is 0.321 e. The molecule has 0 radical (unpaired) electrons. The van der Waals surface area contributed by atoms with Gasteiger partial charge >= 0.3 is 12.0 Å². The second kappa shape index (κ2) is 7.01. The Kier molecular flexibility index (Phi) is 5.38. The normalized spacial score (nSPS) is 20.7. The molecule has 0 aromatic heterocycles. The molecule has 9 heteroatoms. The molecule has 0 spiro atoms. The minimum absolute atomic E-state index is 0.110. The summed E-state index contributed by atoms with van der Waals surface area (Å²) >= 11 is 0. The Hall–Kier alpha value is -2.13. The summed E-state index contributed by atoms with van der Waals surface area (Å²) < 4.78 is 26.6. The highest BCUT2D eigenvalue weighted by Crippen LogP contribution is 2.30. The highest BCUT2D eigenvalue weighted by atomic mass is 32.2. The number of carboxylic acids is 1. The third-order valence-electron chi connectivity index (χ3n) is 4.08. The van der Waals surface area contributed by atoms with Crippen molar-refractivity contribution in [2.24, 2.45) is 5.41 Å². The fraction of sp³-hybridized carbons (Fsp3) is 0.500. The molecule has 1 aromatic carbocycles. The fourth-order valence-electron chi connectivity index (χ4n) is 2.61. The third-order valence-corrected chi connectivity index (χ3v) is 5.76. The fourth-order valence-corrected chi connectivity index (χ4v) is 3.86. The Labute approximate surface area is 147 Å². The van der Waals surface area contributed by atoms with Gasteiger partial charge in [0.2, 0.25) is 10.0 Å². The first-order chi connectivity index (χ1) is 11.5. The molecule has 3 N–H and O–H groups in total. The number of nitrogens with one attached hydrogen (secondary N) is 2. The van der Waals surface area contributed by atoms with Crippen LogP contribution in [0.5, 0.6) is 0 Å². The molecule has 2 rings (SSSR count). The van der Waals surface area contributed by atoms with Crippen molar-refractivity contribution in [1.82, 2.24) is 9.62 Å². The number of hydrogen-bond donors (Lipinski definition) is 3. The van der Waals surface area contributed by atoms with Crippen molar-refractivity contribution in [3.63, 3.8) is 0 Å². The van der Waals surface area contributed by atoms with Crippen LogP contribution in [-0.4, -0.2) is 49.6 Å². The maximum atomic E-state index is 12.2. The van der Waals surface area contributed by atoms with Gasteiger partial charge in [0.15, 0.2) is 0 Å². The topological polar surface area (TPSA) is 116 Å². The summed E-state index contributed by atoms with van der Waals surface area (Å²) in [5, 5.41) is 11.9. The van der Waals surface area contributed by atoms with E-state index in [4.69, 9.17) is 0 Å². The average molecular weight is 369 g/mol. The monoisotopic (exact) mass is 369 g/mol. The van der Waals surface area contributed by atoms with Gasteiger partial charge in [0.05, 0.1) is 10.3 Å². The predicted octanol–water partition coefficient (Wildman–Crippen LogP) is 1.70. The van der Waals surface area contributed by atoms with E-state index < -0.39 is 27.4 Å². The summed E-state index contributed by atoms with van der Waals surface area (Å²) in [6, 6.07) is 5.19. The lowest BCUT2D eigenvalue weighted by Crippen LogP contribution is -2.37. The second-order valence-corrected chi connectivity index (χ2v) is 8.48. The quantitative estimate of drug-likeness (QED) is 0.730. The molecule has 1 saturated heterocycles. The van der Waals surface area contributed by atoms with Crippen molar-refractivity contribution in [2.75, 3.05) is 18.4 Å². The first kappa shape index (κ1) is 19.2. The predicted molar refractivity (Wildman–Crippen MR) is 92.9 cm³/mol. The lowest BCUT2D eigenvalue weighted by atomic mass is 9.90. The van der Waals surface area contributed by atoms with Gasteiger partial charge in [-0.05, 0) is 51.5 Å². The number of amides is 2. The third kappa shape index (κ3) is 4.49. The molecule has 1 aliphatic heterocycles. The number of urea groups is 1. The SMILES string of the molecule is CC(C)NS(=O)(=O)c1ccc(NC(=O)N2CCC(C)(C(=O)O)C2)cc1. The smallest absolute Gasteiger partial charge is 0.321 e. The number of rotatable bonds is 5. The van der Waals surface area contributed by atoms with Crippen molar-refractivity contribution < 1.29 is 23.1 Å². The zero-order valence-corrected chi connectivity index (χ0v) is 15.3. The zero-order valence-electron chi connectivity index (χ0n) is 14.4. The minimum Gasteiger partial charge on any atom is -0.481 e. The van der Waals surface area contributed by atoms with Crippen molar-refractivity contribution in [2.45, 2.75) is 38.1 Å². The molecule has 1 aliphatic rings. The number of likely N-dealkylation sites (tertiary alicyclic amines) is 1. The van der Waals surface area contributed by atoms with E-state index in [1.165, 1.54) is 29.2 Å². The van der Waals surface area contributed by atoms with Crippen LogP contribution in [0.2, 0.25) is 0 Å². The molecule has 1 atom stereocenters. The summed E-state index contributed by atoms with van der Waals surface area (Å²) in [6.07, 6.45) is 0.397. The van der Waals surface area contributed by atoms with Gasteiger partial charge in [-0.1, -0.05) is 0 Å². The molecule has 0 saturated carbocycles. The van der Waals surface area contributed by atoms with Crippen molar-refractivity contribution >= 4 is 27.7 Å². The molecule has 25 heavy (non-hydrogen) atoms. The van der Waals surface area contributed by atoms with E-state index in [0.717, 1.165) is 0 Å². The van der Waals surface area contributed by atoms with E-state index in [1.807, 2.05) is 0 Å². The number of carbonyl (C=O) groups is 2. The Morgan fingerprint density at radius 3 is 2.32 bits per heavy atom. The molecule has 138 valence electrons. The van der Waals surface area contributed by atoms with Crippen LogP contribution in [0.3, 0.4) is 0 Å². The van der Waals surface area contributed by atoms with Crippen LogP contribution in [0, 0.1) is 5.41 Å². The summed E-state index contributed by atoms with van der Waals surface area (Å²) in [7, 11) is -3.58. The van der Waals surface area contributed by atoms with E-state index in [0.29, 0.717) is 18.7 Å². The van der Waals surface area contributed by atoms with Crippen LogP contribution in [0.4, 0.5) is 10.5 Å². The van der Waals surface area contributed by atoms with E-state index in [9.17, 15) is 23.1 Å². The highest BCUT2D eigenvalue weighted by molar-refractivity contribution is 7.89. The van der Waals surface area contributed by atoms with Gasteiger partial charge in [0.1, 0.15) is 0 Å². The van der Waals surface area contributed by atoms with Gasteiger partial charge in [-0.3, -0.25) is 4.79 Å². The highest BCUT2D eigenvalue weighted by Gasteiger charge is 2.42. The van der Waals surface area contributed by atoms with E-state index >= 15 is 0 Å². The summed E-state index contributed by atoms with van der Waals surface area (Å²) in [4.78, 5) is 25.0. The number of anilines is 1. The lowest BCUT2D eigenvalue weighted by Gasteiger charge is -2.20. The van der Waals surface area contributed by atoms with Crippen molar-refractivity contribution in [3.8, 4) is 0 Å². The van der Waals surface area contributed by atoms with Crippen LogP contribution >= 0.6 is 0 Å². The minimum atomic E-state index is -3.58. The number of aliphatic carboxylic acids is 1. The number of sulfonamides is 1. The van der Waals surface area contributed by atoms with Gasteiger partial charge in [-0.15, -0.1) is 0 Å². The van der Waals surface area contributed by atoms with Crippen LogP contribution in [0.15, 0.2) is 29.2 Å². The van der Waals surface area contributed by atoms with Crippen molar-refractivity contribution in [1.29, 1.82) is 0 Å². The Bertz CT molecular complexity index is 760. The molecule has 1 unspecified atom stereocenters. The van der Waals surface area contributed by atoms with E-state index in [1.54, 1.807) is 20.8 Å². The molecular weight excluding hydrogens is 346 g/mol. The Morgan fingerprint density at radius 1 is 1.24 bits per heavy atom. The summed E-state index contributed by atoms with van der Waals surface area (Å²) in [5.41, 5.74) is -0.491. The number of carboxylic acid groups (broad SMARTS) is 1. The first-order valence-electron chi connectivity index (χ1n) is 7.95. The lowest BCUT2D eigenvalue weighted by molar-refractivity contribution is -0.146. The molecule has 1 heterocycles. The van der Waals surface area contributed by atoms with E-state index in [2.05, 4.69) is 10.0 Å². The molecule has 0 bridgehead atoms. The first-order valence-corrected chi connectivity index (χ1v) is 9.43. The van der Waals surface area contributed by atoms with Crippen molar-refractivity contribution in [3.05, 3.63) is 24.3 Å². The molecular formula is C16H23N3O5S. The number of hydrogen-bond acceptors (Lipinski definition) is 4. The molecule has 1 aromatic rings. The van der Waals surface area contributed by atoms with Gasteiger partial charge in [0, 0.05) is 24.8 Å². The number of nitrogens with zero attached hydrogens (tertiary/aromatic N) is 1. The van der Waals surface area contributed by atoms with E-state index in [-0.39, 0.29) is 17.5 Å². The zero-order chi connectivity index (χ0) is 18.8. The van der Waals surface area contributed by atoms with Gasteiger partial charge in [0.25, 0.3) is 0 Å². The molecule has 8 nitrogen and oxygen atoms in total. The Morgan fingerprint density at radius 2 is 1.84 bits per heavy atom. The summed E-state index contributed by atoms with van der Waals surface area (Å²) in [5.74, 6) is -0.921. The average Bonchev–Trinajstić information content (AvgIpc) is 2.91. The van der Waals surface area contributed by atoms with Gasteiger partial charge in [-0.25, -0.2) is 17.9 Å². The second-order valence-electron chi connectivity index (χ2n) is 6.77. The standard InChI is InChI=1S/C16H23N3O5S/c1-11(2)18-25(23,24)13-6-4-12(5-7-13)17-15(22)19-9-8-16(3,10-19)14(20)21/h4-7,11,18H,8-10H2,1-3H3,(H,17,22)(H,20,21). The molecule has 1 fully saturated rings. The molecule has 0 aliphatic carbocycles. The van der Waals surface area contributed by atoms with Crippen LogP contribution < -0.4 is 10.0 Å². The number of benzene rings is 1. The van der Waals surface area contributed by atoms with Crippen LogP contribution in [-0.2, 0) is 14.8 Å². The molecule has 2 amide bonds.